The van der Waals surface area contributed by atoms with Crippen LogP contribution < -0.4 is 0 Å². The summed E-state index contributed by atoms with van der Waals surface area (Å²) in [6, 6.07) is 10.6. The molecule has 2 aromatic carbocycles. The molecule has 140 valence electrons. The Labute approximate surface area is 154 Å². The molecule has 0 aliphatic heterocycles. The monoisotopic (exact) mass is 360 g/mol. The van der Waals surface area contributed by atoms with E-state index < -0.39 is 11.7 Å². The molecule has 0 saturated heterocycles. The Bertz CT molecular complexity index is 744. The number of alkyl halides is 3. The summed E-state index contributed by atoms with van der Waals surface area (Å²) in [5.41, 5.74) is 4.38. The van der Waals surface area contributed by atoms with Gasteiger partial charge in [0.2, 0.25) is 0 Å². The van der Waals surface area contributed by atoms with Crippen molar-refractivity contribution in [2.75, 3.05) is 0 Å². The number of fused-ring (bicyclic) bond motifs is 3. The maximum atomic E-state index is 13.4. The van der Waals surface area contributed by atoms with E-state index in [-0.39, 0.29) is 0 Å². The number of halogens is 3. The highest BCUT2D eigenvalue weighted by atomic mass is 19.4. The Morgan fingerprint density at radius 2 is 1.54 bits per heavy atom. The van der Waals surface area contributed by atoms with Crippen LogP contribution in [0.2, 0.25) is 0 Å². The van der Waals surface area contributed by atoms with Crippen molar-refractivity contribution in [3.63, 3.8) is 0 Å². The van der Waals surface area contributed by atoms with Gasteiger partial charge in [-0.2, -0.15) is 13.2 Å². The van der Waals surface area contributed by atoms with E-state index in [9.17, 15) is 13.2 Å². The van der Waals surface area contributed by atoms with E-state index in [1.165, 1.54) is 44.2 Å². The number of hydrogen-bond donors (Lipinski definition) is 0. The van der Waals surface area contributed by atoms with Crippen LogP contribution in [0.25, 0.3) is 11.1 Å². The van der Waals surface area contributed by atoms with E-state index in [2.05, 4.69) is 6.92 Å². The van der Waals surface area contributed by atoms with Gasteiger partial charge in [0.1, 0.15) is 0 Å². The van der Waals surface area contributed by atoms with Crippen molar-refractivity contribution in [2.45, 2.75) is 70.9 Å². The minimum atomic E-state index is -4.29. The lowest BCUT2D eigenvalue weighted by Crippen LogP contribution is -2.07. The highest BCUT2D eigenvalue weighted by Gasteiger charge is 2.33. The Kier molecular flexibility index (Phi) is 6.05. The molecule has 0 amide bonds. The summed E-state index contributed by atoms with van der Waals surface area (Å²) in [5, 5.41) is 0. The summed E-state index contributed by atoms with van der Waals surface area (Å²) in [5.74, 6) is 0. The standard InChI is InChI=1S/C23H27F3/c1-2-3-4-5-6-7-8-11-17-14-19(23(24,25)26)16-22-20-13-10-9-12-18(20)15-21(17)22/h9-10,12-14,16H,2-8,11,15H2,1H3. The van der Waals surface area contributed by atoms with Crippen LogP contribution in [0.15, 0.2) is 36.4 Å². The van der Waals surface area contributed by atoms with Crippen molar-refractivity contribution in [2.24, 2.45) is 0 Å². The van der Waals surface area contributed by atoms with E-state index in [1.54, 1.807) is 0 Å². The number of aryl methyl sites for hydroxylation is 1. The summed E-state index contributed by atoms with van der Waals surface area (Å²) >= 11 is 0. The topological polar surface area (TPSA) is 0 Å². The second-order valence-corrected chi connectivity index (χ2v) is 7.36. The summed E-state index contributed by atoms with van der Waals surface area (Å²) < 4.78 is 40.1. The molecule has 0 heterocycles. The van der Waals surface area contributed by atoms with Crippen molar-refractivity contribution in [3.8, 4) is 11.1 Å². The number of hydrogen-bond acceptors (Lipinski definition) is 0. The highest BCUT2D eigenvalue weighted by Crippen LogP contribution is 2.42. The fourth-order valence-electron chi connectivity index (χ4n) is 3.97. The quantitative estimate of drug-likeness (QED) is 0.363. The van der Waals surface area contributed by atoms with Crippen molar-refractivity contribution >= 4 is 0 Å². The van der Waals surface area contributed by atoms with Gasteiger partial charge in [-0.1, -0.05) is 69.7 Å². The third-order valence-corrected chi connectivity index (χ3v) is 5.39. The molecule has 1 aliphatic carbocycles. The molecule has 0 radical (unpaired) electrons. The summed E-state index contributed by atoms with van der Waals surface area (Å²) in [7, 11) is 0. The molecule has 0 atom stereocenters. The van der Waals surface area contributed by atoms with Gasteiger partial charge in [0.25, 0.3) is 0 Å². The first-order valence-corrected chi connectivity index (χ1v) is 9.82. The molecule has 0 aromatic heterocycles. The predicted octanol–water partition coefficient (Wildman–Crippen LogP) is 7.57. The first-order valence-electron chi connectivity index (χ1n) is 9.82. The number of benzene rings is 2. The van der Waals surface area contributed by atoms with Crippen molar-refractivity contribution in [1.82, 2.24) is 0 Å². The van der Waals surface area contributed by atoms with Crippen LogP contribution in [0.4, 0.5) is 13.2 Å². The SMILES string of the molecule is CCCCCCCCCc1cc(C(F)(F)F)cc2c1Cc1ccccc1-2. The smallest absolute Gasteiger partial charge is 0.166 e. The molecule has 3 heteroatoms. The van der Waals surface area contributed by atoms with E-state index >= 15 is 0 Å². The fourth-order valence-corrected chi connectivity index (χ4v) is 3.97. The molecule has 0 bridgehead atoms. The fraction of sp³-hybridized carbons (Fsp3) is 0.478. The van der Waals surface area contributed by atoms with Crippen LogP contribution >= 0.6 is 0 Å². The molecule has 0 nitrogen and oxygen atoms in total. The van der Waals surface area contributed by atoms with E-state index in [4.69, 9.17) is 0 Å². The maximum absolute atomic E-state index is 13.4. The summed E-state index contributed by atoms with van der Waals surface area (Å²) in [6.45, 7) is 2.20. The van der Waals surface area contributed by atoms with Crippen molar-refractivity contribution in [1.29, 1.82) is 0 Å². The molecule has 0 spiro atoms. The second-order valence-electron chi connectivity index (χ2n) is 7.36. The molecule has 2 aromatic rings. The summed E-state index contributed by atoms with van der Waals surface area (Å²) in [4.78, 5) is 0. The molecule has 26 heavy (non-hydrogen) atoms. The zero-order chi connectivity index (χ0) is 18.6. The van der Waals surface area contributed by atoms with Crippen LogP contribution in [0.5, 0.6) is 0 Å². The number of rotatable bonds is 8. The number of unbranched alkanes of at least 4 members (excludes halogenated alkanes) is 6. The van der Waals surface area contributed by atoms with Crippen LogP contribution in [0, 0.1) is 0 Å². The Balaban J connectivity index is 1.75. The molecular formula is C23H27F3. The van der Waals surface area contributed by atoms with Gasteiger partial charge in [-0.3, -0.25) is 0 Å². The zero-order valence-corrected chi connectivity index (χ0v) is 15.5. The van der Waals surface area contributed by atoms with Gasteiger partial charge in [-0.05, 0) is 59.2 Å². The minimum Gasteiger partial charge on any atom is -0.166 e. The summed E-state index contributed by atoms with van der Waals surface area (Å²) in [6.07, 6.45) is 5.48. The zero-order valence-electron chi connectivity index (χ0n) is 15.5. The molecule has 0 unspecified atom stereocenters. The average Bonchev–Trinajstić information content (AvgIpc) is 2.99. The largest absolute Gasteiger partial charge is 0.416 e. The van der Waals surface area contributed by atoms with Gasteiger partial charge >= 0.3 is 6.18 Å². The van der Waals surface area contributed by atoms with Crippen molar-refractivity contribution < 1.29 is 13.2 Å². The molecule has 1 aliphatic rings. The van der Waals surface area contributed by atoms with E-state index in [0.29, 0.717) is 0 Å². The molecule has 3 rings (SSSR count). The van der Waals surface area contributed by atoms with Gasteiger partial charge in [0, 0.05) is 0 Å². The lowest BCUT2D eigenvalue weighted by molar-refractivity contribution is -0.137. The van der Waals surface area contributed by atoms with Crippen molar-refractivity contribution in [3.05, 3.63) is 58.7 Å². The van der Waals surface area contributed by atoms with Crippen LogP contribution in [0.1, 0.15) is 74.1 Å². The van der Waals surface area contributed by atoms with Gasteiger partial charge < -0.3 is 0 Å². The lowest BCUT2D eigenvalue weighted by atomic mass is 9.94. The minimum absolute atomic E-state index is 0.508. The van der Waals surface area contributed by atoms with Crippen LogP contribution in [-0.2, 0) is 19.0 Å². The van der Waals surface area contributed by atoms with Gasteiger partial charge in [-0.25, -0.2) is 0 Å². The predicted molar refractivity (Wildman–Crippen MR) is 101 cm³/mol. The lowest BCUT2D eigenvalue weighted by Gasteiger charge is -2.14. The first-order chi connectivity index (χ1) is 12.5. The first kappa shape index (κ1) is 19.0. The average molecular weight is 360 g/mol. The Morgan fingerprint density at radius 3 is 2.27 bits per heavy atom. The molecule has 0 N–H and O–H groups in total. The third-order valence-electron chi connectivity index (χ3n) is 5.39. The highest BCUT2D eigenvalue weighted by molar-refractivity contribution is 5.78. The van der Waals surface area contributed by atoms with Gasteiger partial charge in [0.15, 0.2) is 0 Å². The molecule has 0 saturated carbocycles. The van der Waals surface area contributed by atoms with Gasteiger partial charge in [0.05, 0.1) is 5.56 Å². The van der Waals surface area contributed by atoms with E-state index in [1.807, 2.05) is 24.3 Å². The molecular weight excluding hydrogens is 333 g/mol. The third kappa shape index (κ3) is 4.31. The second kappa shape index (κ2) is 8.28. The maximum Gasteiger partial charge on any atom is 0.416 e. The van der Waals surface area contributed by atoms with Crippen LogP contribution in [0.3, 0.4) is 0 Å². The van der Waals surface area contributed by atoms with Crippen LogP contribution in [-0.4, -0.2) is 0 Å². The van der Waals surface area contributed by atoms with E-state index in [0.717, 1.165) is 53.5 Å². The Morgan fingerprint density at radius 1 is 0.846 bits per heavy atom. The Hall–Kier alpha value is -1.77. The van der Waals surface area contributed by atoms with Gasteiger partial charge in [-0.15, -0.1) is 0 Å². The molecule has 0 fully saturated rings. The normalized spacial score (nSPS) is 12.9.